The van der Waals surface area contributed by atoms with E-state index in [1.807, 2.05) is 12.2 Å². The van der Waals surface area contributed by atoms with Crippen molar-refractivity contribution in [1.82, 2.24) is 19.9 Å². The van der Waals surface area contributed by atoms with Crippen LogP contribution in [0.15, 0.2) is 66.9 Å². The fourth-order valence-corrected chi connectivity index (χ4v) is 4.26. The largest absolute Gasteiger partial charge is 0.355 e. The number of nitrogens with one attached hydrogen (secondary N) is 2. The van der Waals surface area contributed by atoms with Gasteiger partial charge in [0.25, 0.3) is 0 Å². The number of aromatic nitrogens is 5. The van der Waals surface area contributed by atoms with Gasteiger partial charge in [-0.2, -0.15) is 4.57 Å². The third kappa shape index (κ3) is 3.34. The first-order valence-electron chi connectivity index (χ1n) is 10.8. The highest BCUT2D eigenvalue weighted by Crippen LogP contribution is 2.28. The van der Waals surface area contributed by atoms with Gasteiger partial charge < -0.3 is 9.97 Å². The van der Waals surface area contributed by atoms with Gasteiger partial charge in [-0.1, -0.05) is 0 Å². The molecule has 0 aromatic carbocycles. The van der Waals surface area contributed by atoms with Gasteiger partial charge in [-0.3, -0.25) is 0 Å². The van der Waals surface area contributed by atoms with Crippen molar-refractivity contribution in [2.75, 3.05) is 0 Å². The standard InChI is InChI=1S/C27H21N5/c1-2-32-14-4-3-5-26(32)27-24-12-10-22(30-24)16-20-8-6-18(28-20)15-19-7-9-21(29-19)17-23-11-13-25(27)31-23/h3-17H,2H2,1H3,(H,28,29,30,31)/p+1. The van der Waals surface area contributed by atoms with E-state index in [1.165, 1.54) is 0 Å². The molecule has 2 aliphatic rings. The van der Waals surface area contributed by atoms with Crippen LogP contribution in [0.25, 0.3) is 57.6 Å². The van der Waals surface area contributed by atoms with E-state index in [0.29, 0.717) is 0 Å². The molecule has 0 amide bonds. The Morgan fingerprint density at radius 3 is 2.12 bits per heavy atom. The summed E-state index contributed by atoms with van der Waals surface area (Å²) >= 11 is 0. The number of rotatable bonds is 2. The number of H-pyrrole nitrogens is 2. The maximum absolute atomic E-state index is 4.97. The summed E-state index contributed by atoms with van der Waals surface area (Å²) in [6, 6.07) is 20.8. The van der Waals surface area contributed by atoms with E-state index in [2.05, 4.69) is 100 Å². The Bertz CT molecular complexity index is 1570. The predicted octanol–water partition coefficient (Wildman–Crippen LogP) is 5.63. The van der Waals surface area contributed by atoms with Crippen molar-refractivity contribution >= 4 is 46.4 Å². The van der Waals surface area contributed by atoms with Crippen LogP contribution in [0, 0.1) is 0 Å². The number of nitrogens with zero attached hydrogens (tertiary/aromatic N) is 3. The van der Waals surface area contributed by atoms with Gasteiger partial charge >= 0.3 is 0 Å². The van der Waals surface area contributed by atoms with Gasteiger partial charge in [0.2, 0.25) is 5.69 Å². The number of hydrogen-bond acceptors (Lipinski definition) is 2. The molecule has 6 rings (SSSR count). The molecule has 0 saturated heterocycles. The SMILES string of the molecule is CC[n+]1ccccc1-c1c2nc(cc3ccc(cc4nc(cc5ccc1[nH]5)C=C4)[nH]3)C=C2. The molecule has 0 fully saturated rings. The van der Waals surface area contributed by atoms with E-state index in [-0.39, 0.29) is 0 Å². The maximum atomic E-state index is 4.97. The highest BCUT2D eigenvalue weighted by molar-refractivity contribution is 5.89. The lowest BCUT2D eigenvalue weighted by atomic mass is 10.1. The summed E-state index contributed by atoms with van der Waals surface area (Å²) in [6.07, 6.45) is 10.3. The number of aryl methyl sites for hydroxylation is 1. The molecule has 154 valence electrons. The van der Waals surface area contributed by atoms with Crippen LogP contribution in [0.1, 0.15) is 29.7 Å². The highest BCUT2D eigenvalue weighted by atomic mass is 15.0. The van der Waals surface area contributed by atoms with Crippen LogP contribution in [0.5, 0.6) is 0 Å². The minimum absolute atomic E-state index is 0.876. The molecule has 5 heteroatoms. The molecule has 8 bridgehead atoms. The summed E-state index contributed by atoms with van der Waals surface area (Å²) in [5.74, 6) is 0. The molecule has 0 atom stereocenters. The monoisotopic (exact) mass is 416 g/mol. The van der Waals surface area contributed by atoms with Gasteiger partial charge in [0.15, 0.2) is 6.20 Å². The van der Waals surface area contributed by atoms with E-state index >= 15 is 0 Å². The topological polar surface area (TPSA) is 61.2 Å². The zero-order valence-corrected chi connectivity index (χ0v) is 17.7. The average Bonchev–Trinajstić information content (AvgIpc) is 3.60. The Kier molecular flexibility index (Phi) is 4.32. The van der Waals surface area contributed by atoms with Crippen LogP contribution < -0.4 is 4.57 Å². The molecule has 4 aromatic rings. The van der Waals surface area contributed by atoms with E-state index in [4.69, 9.17) is 9.97 Å². The van der Waals surface area contributed by atoms with Gasteiger partial charge in [-0.05, 0) is 79.8 Å². The second-order valence-corrected chi connectivity index (χ2v) is 7.93. The first-order chi connectivity index (χ1) is 15.7. The van der Waals surface area contributed by atoms with Crippen molar-refractivity contribution < 1.29 is 4.57 Å². The lowest BCUT2D eigenvalue weighted by Gasteiger charge is -2.03. The Morgan fingerprint density at radius 2 is 1.38 bits per heavy atom. The zero-order valence-electron chi connectivity index (χ0n) is 17.7. The van der Waals surface area contributed by atoms with E-state index in [1.54, 1.807) is 0 Å². The minimum atomic E-state index is 0.876. The fraction of sp³-hybridized carbons (Fsp3) is 0.0741. The summed E-state index contributed by atoms with van der Waals surface area (Å²) in [6.45, 7) is 3.03. The Balaban J connectivity index is 1.73. The second kappa shape index (κ2) is 7.46. The summed E-state index contributed by atoms with van der Waals surface area (Å²) in [4.78, 5) is 16.7. The Hall–Kier alpha value is -4.25. The molecule has 32 heavy (non-hydrogen) atoms. The molecule has 0 saturated carbocycles. The summed E-state index contributed by atoms with van der Waals surface area (Å²) in [5.41, 5.74) is 9.99. The maximum Gasteiger partial charge on any atom is 0.216 e. The smallest absolute Gasteiger partial charge is 0.216 e. The predicted molar refractivity (Wildman–Crippen MR) is 130 cm³/mol. The van der Waals surface area contributed by atoms with Crippen molar-refractivity contribution in [3.05, 3.63) is 89.6 Å². The van der Waals surface area contributed by atoms with Crippen LogP contribution in [0.3, 0.4) is 0 Å². The van der Waals surface area contributed by atoms with Crippen LogP contribution >= 0.6 is 0 Å². The van der Waals surface area contributed by atoms with Crippen molar-refractivity contribution in [1.29, 1.82) is 0 Å². The second-order valence-electron chi connectivity index (χ2n) is 7.93. The Labute approximate surface area is 185 Å². The quantitative estimate of drug-likeness (QED) is 0.359. The van der Waals surface area contributed by atoms with Crippen molar-refractivity contribution in [2.24, 2.45) is 0 Å². The average molecular weight is 417 g/mol. The molecule has 2 N–H and O–H groups in total. The number of hydrogen-bond donors (Lipinski definition) is 2. The molecule has 0 unspecified atom stereocenters. The van der Waals surface area contributed by atoms with Crippen molar-refractivity contribution in [3.8, 4) is 11.3 Å². The number of pyridine rings is 1. The van der Waals surface area contributed by atoms with Crippen LogP contribution in [-0.4, -0.2) is 19.9 Å². The summed E-state index contributed by atoms with van der Waals surface area (Å²) in [5, 5.41) is 0. The molecular weight excluding hydrogens is 394 g/mol. The number of aromatic amines is 2. The Morgan fingerprint density at radius 1 is 0.719 bits per heavy atom. The third-order valence-corrected chi connectivity index (χ3v) is 5.76. The minimum Gasteiger partial charge on any atom is -0.355 e. The summed E-state index contributed by atoms with van der Waals surface area (Å²) in [7, 11) is 0. The zero-order chi connectivity index (χ0) is 21.5. The highest BCUT2D eigenvalue weighted by Gasteiger charge is 2.18. The van der Waals surface area contributed by atoms with Gasteiger partial charge in [-0.25, -0.2) is 9.97 Å². The molecule has 0 spiro atoms. The lowest BCUT2D eigenvalue weighted by Crippen LogP contribution is -2.34. The van der Waals surface area contributed by atoms with Crippen LogP contribution in [0.2, 0.25) is 0 Å². The molecule has 5 nitrogen and oxygen atoms in total. The van der Waals surface area contributed by atoms with Crippen LogP contribution in [0.4, 0.5) is 0 Å². The van der Waals surface area contributed by atoms with Gasteiger partial charge in [0.1, 0.15) is 6.54 Å². The molecular formula is C27H22N5+. The molecule has 4 aromatic heterocycles. The molecule has 6 heterocycles. The van der Waals surface area contributed by atoms with E-state index < -0.39 is 0 Å². The molecule has 0 aliphatic carbocycles. The van der Waals surface area contributed by atoms with Crippen molar-refractivity contribution in [2.45, 2.75) is 13.5 Å². The van der Waals surface area contributed by atoms with Gasteiger partial charge in [-0.15, -0.1) is 0 Å². The fourth-order valence-electron chi connectivity index (χ4n) is 4.26. The normalized spacial score (nSPS) is 12.4. The third-order valence-electron chi connectivity index (χ3n) is 5.76. The first kappa shape index (κ1) is 18.5. The van der Waals surface area contributed by atoms with Gasteiger partial charge in [0.05, 0.1) is 33.9 Å². The number of fused-ring (bicyclic) bond motifs is 8. The van der Waals surface area contributed by atoms with E-state index in [0.717, 1.165) is 62.6 Å². The van der Waals surface area contributed by atoms with Gasteiger partial charge in [0, 0.05) is 28.7 Å². The van der Waals surface area contributed by atoms with Crippen molar-refractivity contribution in [3.63, 3.8) is 0 Å². The van der Waals surface area contributed by atoms with Crippen LogP contribution in [-0.2, 0) is 6.54 Å². The molecule has 2 aliphatic heterocycles. The molecule has 0 radical (unpaired) electrons. The summed E-state index contributed by atoms with van der Waals surface area (Å²) < 4.78 is 2.24. The van der Waals surface area contributed by atoms with E-state index in [9.17, 15) is 0 Å². The first-order valence-corrected chi connectivity index (χ1v) is 10.8. The lowest BCUT2D eigenvalue weighted by molar-refractivity contribution is -0.682.